The molecule has 1 aromatic heterocycles. The van der Waals surface area contributed by atoms with Crippen LogP contribution < -0.4 is 4.74 Å². The Balaban J connectivity index is 1.82. The predicted octanol–water partition coefficient (Wildman–Crippen LogP) is 1.58. The van der Waals surface area contributed by atoms with Crippen molar-refractivity contribution in [2.75, 3.05) is 26.2 Å². The number of rotatable bonds is 5. The summed E-state index contributed by atoms with van der Waals surface area (Å²) >= 11 is 0. The van der Waals surface area contributed by atoms with Gasteiger partial charge in [0.1, 0.15) is 6.61 Å². The molecule has 1 fully saturated rings. The van der Waals surface area contributed by atoms with Crippen LogP contribution in [0.4, 0.5) is 4.39 Å². The number of aromatic nitrogens is 1. The zero-order chi connectivity index (χ0) is 12.8. The highest BCUT2D eigenvalue weighted by molar-refractivity contribution is 5.22. The van der Waals surface area contributed by atoms with Crippen molar-refractivity contribution in [3.05, 3.63) is 23.6 Å². The Morgan fingerprint density at radius 2 is 2.11 bits per heavy atom. The normalized spacial score (nSPS) is 16.8. The van der Waals surface area contributed by atoms with E-state index in [1.165, 1.54) is 31.5 Å². The van der Waals surface area contributed by atoms with E-state index in [0.29, 0.717) is 6.61 Å². The first-order valence-electron chi connectivity index (χ1n) is 6.40. The molecule has 0 aromatic carbocycles. The molecule has 5 heteroatoms. The van der Waals surface area contributed by atoms with Gasteiger partial charge in [0.25, 0.3) is 5.88 Å². The molecule has 1 saturated heterocycles. The molecule has 0 bridgehead atoms. The Kier molecular flexibility index (Phi) is 4.90. The smallest absolute Gasteiger partial charge is 0.250 e. The quantitative estimate of drug-likeness (QED) is 0.866. The Bertz CT molecular complexity index is 381. The van der Waals surface area contributed by atoms with Gasteiger partial charge in [-0.2, -0.15) is 0 Å². The van der Waals surface area contributed by atoms with Crippen LogP contribution in [0.2, 0.25) is 0 Å². The number of nitrogens with zero attached hydrogens (tertiary/aromatic N) is 2. The number of hydrogen-bond acceptors (Lipinski definition) is 4. The van der Waals surface area contributed by atoms with Crippen molar-refractivity contribution in [2.24, 2.45) is 0 Å². The number of likely N-dealkylation sites (tertiary alicyclic amines) is 1. The van der Waals surface area contributed by atoms with E-state index in [1.807, 2.05) is 0 Å². The fourth-order valence-electron chi connectivity index (χ4n) is 2.14. The molecule has 0 saturated carbocycles. The Morgan fingerprint density at radius 3 is 2.83 bits per heavy atom. The number of aliphatic hydroxyl groups is 1. The average molecular weight is 254 g/mol. The van der Waals surface area contributed by atoms with E-state index in [2.05, 4.69) is 9.88 Å². The molecule has 1 aliphatic rings. The molecule has 100 valence electrons. The standard InChI is InChI=1S/C13H19FN2O2/c14-12-11(10-17)4-5-15-13(12)18-9-8-16-6-2-1-3-7-16/h4-5,17H,1-3,6-10H2. The van der Waals surface area contributed by atoms with Crippen molar-refractivity contribution in [1.29, 1.82) is 0 Å². The van der Waals surface area contributed by atoms with E-state index in [1.54, 1.807) is 0 Å². The third-order valence-corrected chi connectivity index (χ3v) is 3.20. The molecule has 1 aliphatic heterocycles. The van der Waals surface area contributed by atoms with E-state index in [4.69, 9.17) is 9.84 Å². The van der Waals surface area contributed by atoms with Crippen molar-refractivity contribution in [2.45, 2.75) is 25.9 Å². The van der Waals surface area contributed by atoms with Gasteiger partial charge in [-0.15, -0.1) is 0 Å². The lowest BCUT2D eigenvalue weighted by molar-refractivity contribution is 0.176. The van der Waals surface area contributed by atoms with Gasteiger partial charge >= 0.3 is 0 Å². The lowest BCUT2D eigenvalue weighted by atomic mass is 10.1. The minimum atomic E-state index is -0.557. The zero-order valence-electron chi connectivity index (χ0n) is 10.4. The predicted molar refractivity (Wildman–Crippen MR) is 65.9 cm³/mol. The van der Waals surface area contributed by atoms with E-state index in [9.17, 15) is 4.39 Å². The molecule has 0 amide bonds. The molecule has 0 spiro atoms. The zero-order valence-corrected chi connectivity index (χ0v) is 10.4. The van der Waals surface area contributed by atoms with Crippen LogP contribution >= 0.6 is 0 Å². The molecule has 1 aromatic rings. The third-order valence-electron chi connectivity index (χ3n) is 3.20. The van der Waals surface area contributed by atoms with Crippen molar-refractivity contribution in [3.8, 4) is 5.88 Å². The summed E-state index contributed by atoms with van der Waals surface area (Å²) in [7, 11) is 0. The van der Waals surface area contributed by atoms with Crippen LogP contribution in [0, 0.1) is 5.82 Å². The Hall–Kier alpha value is -1.20. The lowest BCUT2D eigenvalue weighted by Gasteiger charge is -2.26. The summed E-state index contributed by atoms with van der Waals surface area (Å²) < 4.78 is 19.0. The highest BCUT2D eigenvalue weighted by Gasteiger charge is 2.12. The summed E-state index contributed by atoms with van der Waals surface area (Å²) in [5.74, 6) is -0.572. The Labute approximate surface area is 106 Å². The van der Waals surface area contributed by atoms with E-state index in [0.717, 1.165) is 19.6 Å². The number of halogens is 1. The van der Waals surface area contributed by atoms with Gasteiger partial charge in [0.05, 0.1) is 6.61 Å². The summed E-state index contributed by atoms with van der Waals surface area (Å²) in [5, 5.41) is 8.94. The second-order valence-electron chi connectivity index (χ2n) is 4.50. The summed E-state index contributed by atoms with van der Waals surface area (Å²) in [6.07, 6.45) is 5.20. The molecule has 2 rings (SSSR count). The summed E-state index contributed by atoms with van der Waals surface area (Å²) in [6.45, 7) is 3.08. The van der Waals surface area contributed by atoms with Crippen LogP contribution in [-0.4, -0.2) is 41.2 Å². The van der Waals surface area contributed by atoms with E-state index in [-0.39, 0.29) is 18.1 Å². The highest BCUT2D eigenvalue weighted by Crippen LogP contribution is 2.17. The van der Waals surface area contributed by atoms with Gasteiger partial charge in [-0.1, -0.05) is 6.42 Å². The van der Waals surface area contributed by atoms with Gasteiger partial charge in [-0.25, -0.2) is 9.37 Å². The first kappa shape index (κ1) is 13.2. The summed E-state index contributed by atoms with van der Waals surface area (Å²) in [4.78, 5) is 6.16. The van der Waals surface area contributed by atoms with Crippen LogP contribution in [0.3, 0.4) is 0 Å². The minimum absolute atomic E-state index is 0.0152. The van der Waals surface area contributed by atoms with Gasteiger partial charge < -0.3 is 9.84 Å². The number of ether oxygens (including phenoxy) is 1. The molecule has 0 unspecified atom stereocenters. The van der Waals surface area contributed by atoms with E-state index < -0.39 is 5.82 Å². The van der Waals surface area contributed by atoms with Crippen molar-refractivity contribution < 1.29 is 14.2 Å². The maximum absolute atomic E-state index is 13.7. The number of aliphatic hydroxyl groups excluding tert-OH is 1. The monoisotopic (exact) mass is 254 g/mol. The molecule has 0 atom stereocenters. The average Bonchev–Trinajstić information content (AvgIpc) is 2.42. The topological polar surface area (TPSA) is 45.6 Å². The molecule has 1 N–H and O–H groups in total. The van der Waals surface area contributed by atoms with Crippen LogP contribution in [0.5, 0.6) is 5.88 Å². The van der Waals surface area contributed by atoms with Crippen LogP contribution in [0.1, 0.15) is 24.8 Å². The van der Waals surface area contributed by atoms with Gasteiger partial charge in [-0.3, -0.25) is 4.90 Å². The molecular formula is C13H19FN2O2. The fraction of sp³-hybridized carbons (Fsp3) is 0.615. The molecule has 0 radical (unpaired) electrons. The summed E-state index contributed by atoms with van der Waals surface area (Å²) in [5.41, 5.74) is 0.220. The van der Waals surface area contributed by atoms with Crippen LogP contribution in [0.15, 0.2) is 12.3 Å². The minimum Gasteiger partial charge on any atom is -0.474 e. The van der Waals surface area contributed by atoms with Crippen LogP contribution in [0.25, 0.3) is 0 Å². The third kappa shape index (κ3) is 3.40. The highest BCUT2D eigenvalue weighted by atomic mass is 19.1. The largest absolute Gasteiger partial charge is 0.474 e. The van der Waals surface area contributed by atoms with E-state index >= 15 is 0 Å². The van der Waals surface area contributed by atoms with Crippen molar-refractivity contribution in [3.63, 3.8) is 0 Å². The first-order valence-corrected chi connectivity index (χ1v) is 6.40. The van der Waals surface area contributed by atoms with Crippen molar-refractivity contribution >= 4 is 0 Å². The summed E-state index contributed by atoms with van der Waals surface area (Å²) in [6, 6.07) is 1.45. The molecule has 4 nitrogen and oxygen atoms in total. The van der Waals surface area contributed by atoms with Gasteiger partial charge in [-0.05, 0) is 32.0 Å². The molecular weight excluding hydrogens is 235 g/mol. The molecule has 18 heavy (non-hydrogen) atoms. The second-order valence-corrected chi connectivity index (χ2v) is 4.50. The lowest BCUT2D eigenvalue weighted by Crippen LogP contribution is -2.33. The number of pyridine rings is 1. The first-order chi connectivity index (χ1) is 8.81. The number of hydrogen-bond donors (Lipinski definition) is 1. The second kappa shape index (κ2) is 6.66. The molecule has 0 aliphatic carbocycles. The SMILES string of the molecule is OCc1ccnc(OCCN2CCCCC2)c1F. The van der Waals surface area contributed by atoms with Gasteiger partial charge in [0.15, 0.2) is 5.82 Å². The molecule has 2 heterocycles. The number of piperidine rings is 1. The van der Waals surface area contributed by atoms with Crippen molar-refractivity contribution in [1.82, 2.24) is 9.88 Å². The Morgan fingerprint density at radius 1 is 1.33 bits per heavy atom. The fourth-order valence-corrected chi connectivity index (χ4v) is 2.14. The van der Waals surface area contributed by atoms with Gasteiger partial charge in [0.2, 0.25) is 0 Å². The maximum Gasteiger partial charge on any atom is 0.250 e. The van der Waals surface area contributed by atoms with Crippen LogP contribution in [-0.2, 0) is 6.61 Å². The van der Waals surface area contributed by atoms with Gasteiger partial charge in [0, 0.05) is 18.3 Å². The maximum atomic E-state index is 13.7.